The molecule has 0 atom stereocenters. The molecule has 130 valence electrons. The van der Waals surface area contributed by atoms with Gasteiger partial charge in [-0.25, -0.2) is 9.97 Å². The van der Waals surface area contributed by atoms with Crippen molar-refractivity contribution in [3.8, 4) is 0 Å². The van der Waals surface area contributed by atoms with Gasteiger partial charge in [0.15, 0.2) is 10.8 Å². The van der Waals surface area contributed by atoms with Crippen LogP contribution in [-0.4, -0.2) is 22.4 Å². The molecular weight excluding hydrogens is 448 g/mol. The van der Waals surface area contributed by atoms with Crippen LogP contribution in [0.3, 0.4) is 0 Å². The number of carbonyl (C=O) groups is 1. The van der Waals surface area contributed by atoms with Gasteiger partial charge in [0.1, 0.15) is 5.15 Å². The van der Waals surface area contributed by atoms with Gasteiger partial charge in [-0.15, -0.1) is 0 Å². The van der Waals surface area contributed by atoms with Crippen LogP contribution < -0.4 is 4.90 Å². The highest BCUT2D eigenvalue weighted by atomic mass is 35.5. The van der Waals surface area contributed by atoms with Crippen molar-refractivity contribution >= 4 is 90.6 Å². The van der Waals surface area contributed by atoms with Crippen molar-refractivity contribution in [3.05, 3.63) is 49.1 Å². The van der Waals surface area contributed by atoms with E-state index in [1.54, 1.807) is 12.1 Å². The van der Waals surface area contributed by atoms with Crippen LogP contribution in [0.15, 0.2) is 18.2 Å². The number of pyridine rings is 1. The Balaban J connectivity index is 2.07. The average molecular weight is 456 g/mol. The zero-order chi connectivity index (χ0) is 18.3. The number of amides is 1. The van der Waals surface area contributed by atoms with E-state index >= 15 is 0 Å². The molecule has 0 spiro atoms. The molecule has 1 aromatic carbocycles. The van der Waals surface area contributed by atoms with Gasteiger partial charge in [0, 0.05) is 11.6 Å². The molecule has 0 fully saturated rings. The number of benzene rings is 1. The van der Waals surface area contributed by atoms with Gasteiger partial charge in [-0.2, -0.15) is 0 Å². The highest BCUT2D eigenvalue weighted by Crippen LogP contribution is 2.37. The molecule has 0 aliphatic carbocycles. The van der Waals surface area contributed by atoms with Gasteiger partial charge < -0.3 is 0 Å². The minimum atomic E-state index is -0.474. The van der Waals surface area contributed by atoms with E-state index in [4.69, 9.17) is 58.0 Å². The summed E-state index contributed by atoms with van der Waals surface area (Å²) in [6.45, 7) is 2.16. The Hall–Kier alpha value is -0.820. The van der Waals surface area contributed by atoms with Crippen molar-refractivity contribution in [2.45, 2.75) is 6.92 Å². The van der Waals surface area contributed by atoms with Crippen molar-refractivity contribution < 1.29 is 4.79 Å². The summed E-state index contributed by atoms with van der Waals surface area (Å²) in [5.41, 5.74) is 0.616. The van der Waals surface area contributed by atoms with E-state index in [-0.39, 0.29) is 25.9 Å². The molecule has 0 unspecified atom stereocenters. The highest BCUT2D eigenvalue weighted by molar-refractivity contribution is 7.22. The number of nitrogens with zero attached hydrogens (tertiary/aromatic N) is 3. The zero-order valence-electron chi connectivity index (χ0n) is 12.5. The van der Waals surface area contributed by atoms with E-state index < -0.39 is 5.91 Å². The first-order valence-corrected chi connectivity index (χ1v) is 9.62. The molecule has 0 aliphatic rings. The lowest BCUT2D eigenvalue weighted by molar-refractivity contribution is 0.0983. The molecule has 4 nitrogen and oxygen atoms in total. The number of rotatable bonds is 3. The van der Waals surface area contributed by atoms with Crippen molar-refractivity contribution in [2.75, 3.05) is 11.4 Å². The van der Waals surface area contributed by atoms with E-state index in [1.165, 1.54) is 16.2 Å². The summed E-state index contributed by atoms with van der Waals surface area (Å²) in [4.78, 5) is 22.8. The first kappa shape index (κ1) is 19.0. The Morgan fingerprint density at radius 3 is 2.48 bits per heavy atom. The zero-order valence-corrected chi connectivity index (χ0v) is 17.1. The lowest BCUT2D eigenvalue weighted by atomic mass is 10.3. The second-order valence-electron chi connectivity index (χ2n) is 4.85. The minimum absolute atomic E-state index is 0.00237. The summed E-state index contributed by atoms with van der Waals surface area (Å²) in [5.74, 6) is -0.474. The van der Waals surface area contributed by atoms with E-state index in [9.17, 15) is 4.79 Å². The number of hydrogen-bond acceptors (Lipinski definition) is 4. The summed E-state index contributed by atoms with van der Waals surface area (Å²) in [7, 11) is 0. The molecule has 0 aliphatic heterocycles. The van der Waals surface area contributed by atoms with Gasteiger partial charge in [-0.3, -0.25) is 9.69 Å². The molecule has 25 heavy (non-hydrogen) atoms. The second kappa shape index (κ2) is 7.43. The maximum atomic E-state index is 12.9. The molecule has 2 heterocycles. The molecule has 10 heteroatoms. The second-order valence-corrected chi connectivity index (χ2v) is 7.79. The highest BCUT2D eigenvalue weighted by Gasteiger charge is 2.26. The Morgan fingerprint density at radius 2 is 1.80 bits per heavy atom. The third kappa shape index (κ3) is 3.54. The number of aromatic nitrogens is 2. The van der Waals surface area contributed by atoms with Crippen molar-refractivity contribution in [1.29, 1.82) is 0 Å². The normalized spacial score (nSPS) is 11.1. The fourth-order valence-electron chi connectivity index (χ4n) is 2.13. The Kier molecular flexibility index (Phi) is 5.63. The van der Waals surface area contributed by atoms with Crippen molar-refractivity contribution in [1.82, 2.24) is 9.97 Å². The van der Waals surface area contributed by atoms with E-state index in [2.05, 4.69) is 9.97 Å². The Labute approximate surface area is 172 Å². The number of halogens is 5. The third-order valence-corrected chi connectivity index (χ3v) is 6.29. The number of anilines is 1. The Morgan fingerprint density at radius 1 is 1.08 bits per heavy atom. The van der Waals surface area contributed by atoms with Gasteiger partial charge in [-0.05, 0) is 25.1 Å². The molecule has 0 bridgehead atoms. The van der Waals surface area contributed by atoms with Crippen LogP contribution in [0.2, 0.25) is 25.2 Å². The smallest absolute Gasteiger partial charge is 0.280 e. The van der Waals surface area contributed by atoms with Crippen LogP contribution in [0.1, 0.15) is 17.4 Å². The maximum Gasteiger partial charge on any atom is 0.280 e. The van der Waals surface area contributed by atoms with E-state index in [0.29, 0.717) is 22.2 Å². The van der Waals surface area contributed by atoms with E-state index in [1.807, 2.05) is 13.0 Å². The van der Waals surface area contributed by atoms with Gasteiger partial charge in [-0.1, -0.05) is 69.3 Å². The molecule has 0 radical (unpaired) electrons. The first-order chi connectivity index (χ1) is 11.8. The predicted octanol–water partition coefficient (Wildman–Crippen LogP) is 6.63. The molecule has 0 N–H and O–H groups in total. The van der Waals surface area contributed by atoms with Gasteiger partial charge in [0.05, 0.1) is 25.3 Å². The molecule has 2 aromatic heterocycles. The van der Waals surface area contributed by atoms with Crippen LogP contribution in [0.4, 0.5) is 5.13 Å². The van der Waals surface area contributed by atoms with E-state index in [0.717, 1.165) is 4.70 Å². The van der Waals surface area contributed by atoms with Crippen molar-refractivity contribution in [2.24, 2.45) is 0 Å². The van der Waals surface area contributed by atoms with Gasteiger partial charge in [0.2, 0.25) is 0 Å². The topological polar surface area (TPSA) is 46.1 Å². The lowest BCUT2D eigenvalue weighted by Gasteiger charge is -2.18. The largest absolute Gasteiger partial charge is 0.283 e. The first-order valence-electron chi connectivity index (χ1n) is 6.91. The molecule has 1 amide bonds. The van der Waals surface area contributed by atoms with Crippen LogP contribution in [0.5, 0.6) is 0 Å². The lowest BCUT2D eigenvalue weighted by Crippen LogP contribution is -2.31. The van der Waals surface area contributed by atoms with Gasteiger partial charge >= 0.3 is 0 Å². The summed E-state index contributed by atoms with van der Waals surface area (Å²) in [5, 5.41) is 0.904. The molecular formula is C15H8Cl5N3OS. The standard InChI is InChI=1S/C15H8Cl5N3OS/c1-2-23(15-21-7-5-6(16)3-4-8(7)25-15)14(24)12-10(18)9(17)11(19)13(20)22-12/h3-5H,2H2,1H3. The number of carbonyl (C=O) groups excluding carboxylic acids is 1. The number of fused-ring (bicyclic) bond motifs is 1. The third-order valence-electron chi connectivity index (χ3n) is 3.32. The minimum Gasteiger partial charge on any atom is -0.283 e. The molecule has 0 saturated heterocycles. The van der Waals surface area contributed by atoms with Gasteiger partial charge in [0.25, 0.3) is 5.91 Å². The van der Waals surface area contributed by atoms with Crippen LogP contribution in [0.25, 0.3) is 10.2 Å². The molecule has 3 rings (SSSR count). The fourth-order valence-corrected chi connectivity index (χ4v) is 4.11. The fraction of sp³-hybridized carbons (Fsp3) is 0.133. The van der Waals surface area contributed by atoms with Crippen LogP contribution in [-0.2, 0) is 0 Å². The summed E-state index contributed by atoms with van der Waals surface area (Å²) in [6, 6.07) is 5.34. The number of thiazole rings is 1. The average Bonchev–Trinajstić information content (AvgIpc) is 2.99. The van der Waals surface area contributed by atoms with Crippen LogP contribution >= 0.6 is 69.3 Å². The predicted molar refractivity (Wildman–Crippen MR) is 106 cm³/mol. The molecule has 3 aromatic rings. The SMILES string of the molecule is CCN(C(=O)c1nc(Cl)c(Cl)c(Cl)c1Cl)c1nc2cc(Cl)ccc2s1. The monoisotopic (exact) mass is 453 g/mol. The summed E-state index contributed by atoms with van der Waals surface area (Å²) < 4.78 is 0.900. The summed E-state index contributed by atoms with van der Waals surface area (Å²) in [6.07, 6.45) is 0. The quantitative estimate of drug-likeness (QED) is 0.417. The van der Waals surface area contributed by atoms with Crippen molar-refractivity contribution in [3.63, 3.8) is 0 Å². The number of hydrogen-bond donors (Lipinski definition) is 0. The summed E-state index contributed by atoms with van der Waals surface area (Å²) >= 11 is 31.3. The Bertz CT molecular complexity index is 991. The molecule has 0 saturated carbocycles. The van der Waals surface area contributed by atoms with Crippen LogP contribution in [0, 0.1) is 0 Å². The maximum absolute atomic E-state index is 12.9.